The minimum atomic E-state index is 0.164. The molecule has 3 nitrogen and oxygen atoms in total. The molecule has 2 rings (SSSR count). The molecule has 0 aliphatic carbocycles. The summed E-state index contributed by atoms with van der Waals surface area (Å²) in [5.41, 5.74) is 9.41. The van der Waals surface area contributed by atoms with Gasteiger partial charge in [-0.05, 0) is 19.4 Å². The molecule has 1 heterocycles. The Morgan fingerprint density at radius 1 is 1.41 bits per heavy atom. The van der Waals surface area contributed by atoms with Gasteiger partial charge in [0, 0.05) is 25.2 Å². The zero-order valence-electron chi connectivity index (χ0n) is 10.4. The third kappa shape index (κ3) is 3.43. The Kier molecular flexibility index (Phi) is 3.59. The van der Waals surface area contributed by atoms with E-state index in [1.165, 1.54) is 11.1 Å². The molecule has 1 unspecified atom stereocenters. The Labute approximate surface area is 102 Å². The van der Waals surface area contributed by atoms with Crippen molar-refractivity contribution in [1.82, 2.24) is 9.55 Å². The first-order valence-electron chi connectivity index (χ1n) is 5.95. The van der Waals surface area contributed by atoms with Gasteiger partial charge in [-0.3, -0.25) is 0 Å². The fraction of sp³-hybridized carbons (Fsp3) is 0.357. The Balaban J connectivity index is 2.06. The summed E-state index contributed by atoms with van der Waals surface area (Å²) in [7, 11) is 0. The molecule has 3 heteroatoms. The van der Waals surface area contributed by atoms with Crippen molar-refractivity contribution >= 4 is 0 Å². The third-order valence-corrected chi connectivity index (χ3v) is 2.67. The number of hydrogen-bond acceptors (Lipinski definition) is 2. The summed E-state index contributed by atoms with van der Waals surface area (Å²) in [6.07, 6.45) is 4.78. The lowest BCUT2D eigenvalue weighted by Crippen LogP contribution is -2.17. The zero-order chi connectivity index (χ0) is 12.3. The SMILES string of the molecule is Cc1cccc(Cn2cnc(CC(C)N)c2)c1. The van der Waals surface area contributed by atoms with Crippen LogP contribution in [0.15, 0.2) is 36.8 Å². The van der Waals surface area contributed by atoms with Crippen molar-refractivity contribution in [3.8, 4) is 0 Å². The van der Waals surface area contributed by atoms with E-state index in [9.17, 15) is 0 Å². The van der Waals surface area contributed by atoms with Crippen LogP contribution in [-0.4, -0.2) is 15.6 Å². The Bertz CT molecular complexity index is 486. The first-order valence-corrected chi connectivity index (χ1v) is 5.95. The Hall–Kier alpha value is -1.61. The number of rotatable bonds is 4. The third-order valence-electron chi connectivity index (χ3n) is 2.67. The molecule has 0 radical (unpaired) electrons. The van der Waals surface area contributed by atoms with Crippen LogP contribution in [0, 0.1) is 6.92 Å². The van der Waals surface area contributed by atoms with E-state index in [0.29, 0.717) is 0 Å². The van der Waals surface area contributed by atoms with Crippen LogP contribution >= 0.6 is 0 Å². The molecule has 2 aromatic rings. The Morgan fingerprint density at radius 3 is 2.94 bits per heavy atom. The van der Waals surface area contributed by atoms with Gasteiger partial charge in [-0.25, -0.2) is 4.98 Å². The average molecular weight is 229 g/mol. The number of hydrogen-bond donors (Lipinski definition) is 1. The first kappa shape index (κ1) is 11.9. The lowest BCUT2D eigenvalue weighted by atomic mass is 10.1. The number of benzene rings is 1. The maximum absolute atomic E-state index is 5.76. The summed E-state index contributed by atoms with van der Waals surface area (Å²) in [6.45, 7) is 4.98. The molecule has 0 amide bonds. The largest absolute Gasteiger partial charge is 0.333 e. The van der Waals surface area contributed by atoms with E-state index in [1.54, 1.807) is 0 Å². The van der Waals surface area contributed by atoms with Gasteiger partial charge < -0.3 is 10.3 Å². The minimum absolute atomic E-state index is 0.164. The van der Waals surface area contributed by atoms with Gasteiger partial charge in [-0.1, -0.05) is 29.8 Å². The van der Waals surface area contributed by atoms with Crippen LogP contribution in [-0.2, 0) is 13.0 Å². The second-order valence-corrected chi connectivity index (χ2v) is 4.71. The van der Waals surface area contributed by atoms with Crippen LogP contribution in [0.5, 0.6) is 0 Å². The molecule has 0 spiro atoms. The highest BCUT2D eigenvalue weighted by atomic mass is 15.0. The second kappa shape index (κ2) is 5.15. The zero-order valence-corrected chi connectivity index (χ0v) is 10.4. The predicted molar refractivity (Wildman–Crippen MR) is 69.9 cm³/mol. The number of imidazole rings is 1. The molecule has 0 bridgehead atoms. The predicted octanol–water partition coefficient (Wildman–Crippen LogP) is 2.13. The van der Waals surface area contributed by atoms with Gasteiger partial charge in [-0.2, -0.15) is 0 Å². The molecule has 0 fully saturated rings. The highest BCUT2D eigenvalue weighted by molar-refractivity contribution is 5.22. The molecule has 0 saturated heterocycles. The molecule has 90 valence electrons. The second-order valence-electron chi connectivity index (χ2n) is 4.71. The van der Waals surface area contributed by atoms with Crippen LogP contribution in [0.25, 0.3) is 0 Å². The van der Waals surface area contributed by atoms with Crippen molar-refractivity contribution in [2.24, 2.45) is 5.73 Å². The van der Waals surface area contributed by atoms with Gasteiger partial charge >= 0.3 is 0 Å². The molecule has 0 aliphatic rings. The van der Waals surface area contributed by atoms with Crippen LogP contribution < -0.4 is 5.73 Å². The number of aromatic nitrogens is 2. The van der Waals surface area contributed by atoms with E-state index in [2.05, 4.69) is 46.9 Å². The van der Waals surface area contributed by atoms with Crippen molar-refractivity contribution in [2.75, 3.05) is 0 Å². The van der Waals surface area contributed by atoms with E-state index in [4.69, 9.17) is 5.73 Å². The van der Waals surface area contributed by atoms with Crippen LogP contribution in [0.1, 0.15) is 23.7 Å². The van der Waals surface area contributed by atoms with Crippen molar-refractivity contribution < 1.29 is 0 Å². The van der Waals surface area contributed by atoms with E-state index in [-0.39, 0.29) is 6.04 Å². The molecule has 1 atom stereocenters. The van der Waals surface area contributed by atoms with E-state index in [1.807, 2.05) is 13.3 Å². The van der Waals surface area contributed by atoms with Crippen molar-refractivity contribution in [3.63, 3.8) is 0 Å². The van der Waals surface area contributed by atoms with Crippen molar-refractivity contribution in [1.29, 1.82) is 0 Å². The summed E-state index contributed by atoms with van der Waals surface area (Å²) in [5, 5.41) is 0. The molecule has 1 aromatic heterocycles. The van der Waals surface area contributed by atoms with Crippen molar-refractivity contribution in [2.45, 2.75) is 32.9 Å². The summed E-state index contributed by atoms with van der Waals surface area (Å²) < 4.78 is 2.10. The summed E-state index contributed by atoms with van der Waals surface area (Å²) in [5.74, 6) is 0. The van der Waals surface area contributed by atoms with Gasteiger partial charge in [0.2, 0.25) is 0 Å². The monoisotopic (exact) mass is 229 g/mol. The van der Waals surface area contributed by atoms with E-state index < -0.39 is 0 Å². The standard InChI is InChI=1S/C14H19N3/c1-11-4-3-5-13(6-11)8-17-9-14(16-10-17)7-12(2)15/h3-6,9-10,12H,7-8,15H2,1-2H3. The van der Waals surface area contributed by atoms with Gasteiger partial charge in [0.05, 0.1) is 12.0 Å². The minimum Gasteiger partial charge on any atom is -0.333 e. The van der Waals surface area contributed by atoms with Crippen LogP contribution in [0.2, 0.25) is 0 Å². The Morgan fingerprint density at radius 2 is 2.24 bits per heavy atom. The van der Waals surface area contributed by atoms with Crippen molar-refractivity contribution in [3.05, 3.63) is 53.6 Å². The topological polar surface area (TPSA) is 43.8 Å². The van der Waals surface area contributed by atoms with Gasteiger partial charge in [0.25, 0.3) is 0 Å². The highest BCUT2D eigenvalue weighted by Crippen LogP contribution is 2.07. The number of aryl methyl sites for hydroxylation is 1. The van der Waals surface area contributed by atoms with E-state index in [0.717, 1.165) is 18.7 Å². The summed E-state index contributed by atoms with van der Waals surface area (Å²) in [6, 6.07) is 8.70. The quantitative estimate of drug-likeness (QED) is 0.872. The smallest absolute Gasteiger partial charge is 0.0952 e. The molecule has 1 aromatic carbocycles. The number of nitrogens with two attached hydrogens (primary N) is 1. The molecular weight excluding hydrogens is 210 g/mol. The van der Waals surface area contributed by atoms with Gasteiger partial charge in [-0.15, -0.1) is 0 Å². The van der Waals surface area contributed by atoms with Crippen LogP contribution in [0.3, 0.4) is 0 Å². The van der Waals surface area contributed by atoms with Gasteiger partial charge in [0.1, 0.15) is 0 Å². The lowest BCUT2D eigenvalue weighted by molar-refractivity contribution is 0.723. The normalized spacial score (nSPS) is 12.6. The van der Waals surface area contributed by atoms with Gasteiger partial charge in [0.15, 0.2) is 0 Å². The fourth-order valence-electron chi connectivity index (χ4n) is 1.95. The molecule has 0 aliphatic heterocycles. The fourth-order valence-corrected chi connectivity index (χ4v) is 1.95. The molecule has 17 heavy (non-hydrogen) atoms. The lowest BCUT2D eigenvalue weighted by Gasteiger charge is -2.03. The molecular formula is C14H19N3. The summed E-state index contributed by atoms with van der Waals surface area (Å²) >= 11 is 0. The van der Waals surface area contributed by atoms with E-state index >= 15 is 0 Å². The van der Waals surface area contributed by atoms with Crippen LogP contribution in [0.4, 0.5) is 0 Å². The molecule has 2 N–H and O–H groups in total. The first-order chi connectivity index (χ1) is 8.13. The maximum Gasteiger partial charge on any atom is 0.0952 e. The number of nitrogens with zero attached hydrogens (tertiary/aromatic N) is 2. The highest BCUT2D eigenvalue weighted by Gasteiger charge is 2.02. The molecule has 0 saturated carbocycles. The average Bonchev–Trinajstić information content (AvgIpc) is 2.64. The summed E-state index contributed by atoms with van der Waals surface area (Å²) in [4.78, 5) is 4.36. The maximum atomic E-state index is 5.76.